The van der Waals surface area contributed by atoms with E-state index in [-0.39, 0.29) is 5.92 Å². The van der Waals surface area contributed by atoms with Crippen molar-refractivity contribution < 1.29 is 13.2 Å². The fourth-order valence-corrected chi connectivity index (χ4v) is 6.35. The zero-order chi connectivity index (χ0) is 21.8. The van der Waals surface area contributed by atoms with Gasteiger partial charge in [-0.05, 0) is 24.8 Å². The van der Waals surface area contributed by atoms with Crippen molar-refractivity contribution in [1.82, 2.24) is 0 Å². The summed E-state index contributed by atoms with van der Waals surface area (Å²) in [6.45, 7) is 6.62. The molecular formula is C25H53FO2Si. The molecule has 29 heavy (non-hydrogen) atoms. The van der Waals surface area contributed by atoms with Gasteiger partial charge in [-0.2, -0.15) is 0 Å². The molecule has 0 aliphatic carbocycles. The van der Waals surface area contributed by atoms with Gasteiger partial charge in [-0.1, -0.05) is 117 Å². The number of halogens is 1. The van der Waals surface area contributed by atoms with Gasteiger partial charge in [-0.15, -0.1) is 0 Å². The van der Waals surface area contributed by atoms with Crippen molar-refractivity contribution in [2.75, 3.05) is 14.2 Å². The Labute approximate surface area is 184 Å². The number of hydrogen-bond acceptors (Lipinski definition) is 2. The summed E-state index contributed by atoms with van der Waals surface area (Å²) >= 11 is 0. The van der Waals surface area contributed by atoms with Gasteiger partial charge in [0.25, 0.3) is 0 Å². The van der Waals surface area contributed by atoms with Gasteiger partial charge in [0.15, 0.2) is 0 Å². The fraction of sp³-hybridized carbons (Fsp3) is 1.00. The Morgan fingerprint density at radius 1 is 0.655 bits per heavy atom. The van der Waals surface area contributed by atoms with Crippen LogP contribution in [-0.4, -0.2) is 29.2 Å². The van der Waals surface area contributed by atoms with Gasteiger partial charge in [0.2, 0.25) is 0 Å². The van der Waals surface area contributed by atoms with Gasteiger partial charge >= 0.3 is 9.28 Å². The zero-order valence-electron chi connectivity index (χ0n) is 20.6. The third kappa shape index (κ3) is 14.7. The monoisotopic (exact) mass is 432 g/mol. The van der Waals surface area contributed by atoms with E-state index in [2.05, 4.69) is 20.8 Å². The number of rotatable bonds is 22. The van der Waals surface area contributed by atoms with Crippen molar-refractivity contribution in [3.8, 4) is 0 Å². The van der Waals surface area contributed by atoms with Crippen LogP contribution in [0.3, 0.4) is 0 Å². The second-order valence-electron chi connectivity index (χ2n) is 9.02. The summed E-state index contributed by atoms with van der Waals surface area (Å²) in [7, 11) is 1.71. The van der Waals surface area contributed by atoms with Crippen molar-refractivity contribution in [3.63, 3.8) is 0 Å². The fourth-order valence-electron chi connectivity index (χ4n) is 4.55. The lowest BCUT2D eigenvalue weighted by Crippen LogP contribution is -2.37. The zero-order valence-corrected chi connectivity index (χ0v) is 21.7. The van der Waals surface area contributed by atoms with Crippen LogP contribution in [0.1, 0.15) is 130 Å². The molecule has 0 fully saturated rings. The van der Waals surface area contributed by atoms with Gasteiger partial charge in [0, 0.05) is 14.2 Å². The summed E-state index contributed by atoms with van der Waals surface area (Å²) in [4.78, 5) is 0. The number of unbranched alkanes of at least 4 members (excludes halogenated alkanes) is 12. The Kier molecular flexibility index (Phi) is 20.0. The second kappa shape index (κ2) is 20.0. The summed E-state index contributed by atoms with van der Waals surface area (Å²) in [6.07, 6.45) is 20.0. The lowest BCUT2D eigenvalue weighted by molar-refractivity contribution is 0.0558. The van der Waals surface area contributed by atoms with Gasteiger partial charge in [0.1, 0.15) is 5.67 Å². The minimum Gasteiger partial charge on any atom is -0.400 e. The summed E-state index contributed by atoms with van der Waals surface area (Å²) < 4.78 is 27.2. The van der Waals surface area contributed by atoms with Crippen LogP contribution in [0.5, 0.6) is 0 Å². The van der Waals surface area contributed by atoms with Gasteiger partial charge in [0.05, 0.1) is 0 Å². The molecule has 0 aromatic rings. The molecule has 0 spiro atoms. The SMILES string of the molecule is CCCCCCCCCCCCC(F)(CCCCCC)C(CC)C[SiH](OC)OC. The van der Waals surface area contributed by atoms with Crippen molar-refractivity contribution >= 4 is 9.28 Å². The standard InChI is InChI=1S/C25H53FO2Si/c1-6-9-11-13-14-15-16-17-18-20-22-25(26,21-19-12-10-7-2)24(8-3)23-29(27-4)28-5/h24,29H,6-23H2,1-5H3. The highest BCUT2D eigenvalue weighted by Gasteiger charge is 2.38. The van der Waals surface area contributed by atoms with Crippen molar-refractivity contribution in [1.29, 1.82) is 0 Å². The topological polar surface area (TPSA) is 18.5 Å². The molecule has 0 aliphatic heterocycles. The lowest BCUT2D eigenvalue weighted by atomic mass is 9.80. The molecule has 2 unspecified atom stereocenters. The molecule has 0 bridgehead atoms. The highest BCUT2D eigenvalue weighted by Crippen LogP contribution is 2.39. The molecule has 0 aliphatic rings. The molecule has 0 saturated carbocycles. The van der Waals surface area contributed by atoms with E-state index in [0.29, 0.717) is 0 Å². The van der Waals surface area contributed by atoms with Crippen LogP contribution in [0.25, 0.3) is 0 Å². The first-order valence-electron chi connectivity index (χ1n) is 12.8. The minimum absolute atomic E-state index is 0.0826. The van der Waals surface area contributed by atoms with Crippen LogP contribution in [0.15, 0.2) is 0 Å². The third-order valence-corrected chi connectivity index (χ3v) is 8.62. The maximum absolute atomic E-state index is 16.2. The minimum atomic E-state index is -1.72. The predicted octanol–water partition coefficient (Wildman–Crippen LogP) is 8.52. The molecule has 0 saturated heterocycles. The van der Waals surface area contributed by atoms with E-state index in [1.165, 1.54) is 70.6 Å². The molecular weight excluding hydrogens is 379 g/mol. The largest absolute Gasteiger partial charge is 0.400 e. The quantitative estimate of drug-likeness (QED) is 0.126. The smallest absolute Gasteiger partial charge is 0.321 e. The first-order valence-corrected chi connectivity index (χ1v) is 14.6. The molecule has 0 heterocycles. The number of alkyl halides is 1. The molecule has 0 aromatic carbocycles. The maximum atomic E-state index is 16.2. The van der Waals surface area contributed by atoms with E-state index in [1.54, 1.807) is 14.2 Å². The first-order chi connectivity index (χ1) is 14.1. The number of hydrogen-bond donors (Lipinski definition) is 0. The molecule has 0 radical (unpaired) electrons. The first kappa shape index (κ1) is 29.1. The Bertz CT molecular complexity index is 339. The lowest BCUT2D eigenvalue weighted by Gasteiger charge is -2.35. The van der Waals surface area contributed by atoms with Crippen LogP contribution < -0.4 is 0 Å². The van der Waals surface area contributed by atoms with Gasteiger partial charge in [-0.25, -0.2) is 4.39 Å². The van der Waals surface area contributed by atoms with Gasteiger partial charge in [-0.3, -0.25) is 0 Å². The highest BCUT2D eigenvalue weighted by atomic mass is 28.3. The van der Waals surface area contributed by atoms with Crippen LogP contribution in [0, 0.1) is 5.92 Å². The third-order valence-electron chi connectivity index (χ3n) is 6.62. The average molecular weight is 433 g/mol. The predicted molar refractivity (Wildman–Crippen MR) is 129 cm³/mol. The molecule has 176 valence electrons. The molecule has 0 amide bonds. The maximum Gasteiger partial charge on any atom is 0.321 e. The van der Waals surface area contributed by atoms with E-state index in [9.17, 15) is 0 Å². The normalized spacial score (nSPS) is 15.0. The van der Waals surface area contributed by atoms with E-state index in [4.69, 9.17) is 8.85 Å². The van der Waals surface area contributed by atoms with Crippen LogP contribution in [0.4, 0.5) is 4.39 Å². The summed E-state index contributed by atoms with van der Waals surface area (Å²) in [6, 6.07) is 0.797. The van der Waals surface area contributed by atoms with E-state index in [0.717, 1.165) is 44.6 Å². The Hall–Kier alpha value is 0.0669. The Balaban J connectivity index is 4.39. The van der Waals surface area contributed by atoms with Crippen LogP contribution in [0.2, 0.25) is 6.04 Å². The van der Waals surface area contributed by atoms with Crippen molar-refractivity contribution in [2.24, 2.45) is 5.92 Å². The van der Waals surface area contributed by atoms with Crippen molar-refractivity contribution in [3.05, 3.63) is 0 Å². The highest BCUT2D eigenvalue weighted by molar-refractivity contribution is 6.44. The van der Waals surface area contributed by atoms with E-state index < -0.39 is 15.0 Å². The van der Waals surface area contributed by atoms with Crippen molar-refractivity contribution in [2.45, 2.75) is 142 Å². The molecule has 0 rings (SSSR count). The molecule has 0 N–H and O–H groups in total. The molecule has 4 heteroatoms. The van der Waals surface area contributed by atoms with Crippen LogP contribution in [-0.2, 0) is 8.85 Å². The summed E-state index contributed by atoms with van der Waals surface area (Å²) in [5.41, 5.74) is -1.04. The van der Waals surface area contributed by atoms with Gasteiger partial charge < -0.3 is 8.85 Å². The molecule has 2 nitrogen and oxygen atoms in total. The average Bonchev–Trinajstić information content (AvgIpc) is 2.73. The Morgan fingerprint density at radius 2 is 1.03 bits per heavy atom. The second-order valence-corrected chi connectivity index (χ2v) is 11.3. The summed E-state index contributed by atoms with van der Waals surface area (Å²) in [5.74, 6) is 0.0826. The summed E-state index contributed by atoms with van der Waals surface area (Å²) in [5, 5.41) is 0. The van der Waals surface area contributed by atoms with E-state index >= 15 is 4.39 Å². The van der Waals surface area contributed by atoms with E-state index in [1.807, 2.05) is 0 Å². The van der Waals surface area contributed by atoms with Crippen LogP contribution >= 0.6 is 0 Å². The molecule has 2 atom stereocenters. The molecule has 0 aromatic heterocycles. The Morgan fingerprint density at radius 3 is 1.41 bits per heavy atom.